The van der Waals surface area contributed by atoms with Crippen molar-refractivity contribution in [3.8, 4) is 0 Å². The number of nitrogens with zero attached hydrogens (tertiary/aromatic N) is 4. The van der Waals surface area contributed by atoms with Crippen LogP contribution in [0.15, 0.2) is 18.3 Å². The van der Waals surface area contributed by atoms with Crippen LogP contribution < -0.4 is 10.2 Å². The Hall–Kier alpha value is -1.11. The molecule has 0 unspecified atom stereocenters. The minimum absolute atomic E-state index is 0. The van der Waals surface area contributed by atoms with Gasteiger partial charge in [0.05, 0.1) is 0 Å². The Balaban J connectivity index is 0.00000144. The topological polar surface area (TPSA) is 61.4 Å². The van der Waals surface area contributed by atoms with E-state index in [0.717, 1.165) is 57.4 Å². The average Bonchev–Trinajstić information content (AvgIpc) is 2.61. The summed E-state index contributed by atoms with van der Waals surface area (Å²) in [5.74, 6) is 1.95. The number of piperazine rings is 1. The van der Waals surface area contributed by atoms with E-state index in [1.807, 2.05) is 17.0 Å². The lowest BCUT2D eigenvalue weighted by Crippen LogP contribution is -2.49. The number of nitrogens with one attached hydrogen (secondary N) is 1. The highest BCUT2D eigenvalue weighted by Gasteiger charge is 2.23. The van der Waals surface area contributed by atoms with Crippen LogP contribution in [0.2, 0.25) is 0 Å². The molecule has 1 aromatic rings. The van der Waals surface area contributed by atoms with Gasteiger partial charge >= 0.3 is 0 Å². The third-order valence-corrected chi connectivity index (χ3v) is 4.74. The number of rotatable bonds is 4. The number of carbonyl (C=O) groups excluding carboxylic acids is 1. The summed E-state index contributed by atoms with van der Waals surface area (Å²) in [5, 5.41) is 11.4. The number of carbonyl (C=O) groups is 1. The maximum atomic E-state index is 12.3. The minimum Gasteiger partial charge on any atom is -0.352 e. The number of hydrogen-bond donors (Lipinski definition) is 1. The first-order valence-corrected chi connectivity index (χ1v) is 8.34. The molecule has 0 spiro atoms. The summed E-state index contributed by atoms with van der Waals surface area (Å²) in [6, 6.07) is 3.88. The van der Waals surface area contributed by atoms with Gasteiger partial charge in [0.15, 0.2) is 5.82 Å². The van der Waals surface area contributed by atoms with E-state index in [1.165, 1.54) is 12.8 Å². The summed E-state index contributed by atoms with van der Waals surface area (Å²) in [6.07, 6.45) is 5.87. The first-order chi connectivity index (χ1) is 10.8. The van der Waals surface area contributed by atoms with Gasteiger partial charge in [-0.05, 0) is 50.4 Å². The number of piperidine rings is 1. The smallest absolute Gasteiger partial charge is 0.222 e. The summed E-state index contributed by atoms with van der Waals surface area (Å²) in [5.41, 5.74) is 0. The van der Waals surface area contributed by atoms with Gasteiger partial charge in [0, 0.05) is 38.8 Å². The maximum absolute atomic E-state index is 12.3. The lowest BCUT2D eigenvalue weighted by atomic mass is 9.93. The second kappa shape index (κ2) is 10.7. The van der Waals surface area contributed by atoms with Crippen LogP contribution in [0.4, 0.5) is 5.82 Å². The van der Waals surface area contributed by atoms with Crippen molar-refractivity contribution in [2.75, 3.05) is 44.2 Å². The molecule has 2 saturated heterocycles. The number of hydrogen-bond acceptors (Lipinski definition) is 5. The van der Waals surface area contributed by atoms with Crippen LogP contribution >= 0.6 is 24.8 Å². The largest absolute Gasteiger partial charge is 0.352 e. The van der Waals surface area contributed by atoms with Crippen molar-refractivity contribution in [2.24, 2.45) is 5.92 Å². The third kappa shape index (κ3) is 5.76. The van der Waals surface area contributed by atoms with E-state index in [0.29, 0.717) is 12.3 Å². The van der Waals surface area contributed by atoms with Gasteiger partial charge in [-0.2, -0.15) is 5.10 Å². The van der Waals surface area contributed by atoms with Crippen LogP contribution in [0.3, 0.4) is 0 Å². The highest BCUT2D eigenvalue weighted by atomic mass is 35.5. The Kier molecular flexibility index (Phi) is 9.33. The summed E-state index contributed by atoms with van der Waals surface area (Å²) in [7, 11) is 0. The molecule has 0 aromatic carbocycles. The zero-order valence-corrected chi connectivity index (χ0v) is 15.5. The van der Waals surface area contributed by atoms with Crippen molar-refractivity contribution >= 4 is 36.5 Å². The van der Waals surface area contributed by atoms with Crippen molar-refractivity contribution in [3.63, 3.8) is 0 Å². The molecule has 0 atom stereocenters. The van der Waals surface area contributed by atoms with Gasteiger partial charge in [0.1, 0.15) is 0 Å². The lowest BCUT2D eigenvalue weighted by molar-refractivity contribution is -0.131. The van der Waals surface area contributed by atoms with Crippen molar-refractivity contribution in [1.29, 1.82) is 0 Å². The Morgan fingerprint density at radius 3 is 2.50 bits per heavy atom. The lowest BCUT2D eigenvalue weighted by Gasteiger charge is -2.35. The average molecular weight is 376 g/mol. The standard InChI is InChI=1S/C16H25N5O.2ClH/c22-16(4-3-14-5-8-17-9-6-14)21-12-10-20(11-13-21)15-2-1-7-18-19-15;;/h1-2,7,14,17H,3-6,8-13H2;2*1H. The zero-order valence-electron chi connectivity index (χ0n) is 13.9. The second-order valence-electron chi connectivity index (χ2n) is 6.18. The minimum atomic E-state index is 0. The van der Waals surface area contributed by atoms with Gasteiger partial charge in [-0.3, -0.25) is 4.79 Å². The molecule has 2 aliphatic rings. The van der Waals surface area contributed by atoms with E-state index in [-0.39, 0.29) is 24.8 Å². The van der Waals surface area contributed by atoms with Crippen LogP contribution in [-0.4, -0.2) is 60.3 Å². The molecule has 1 amide bonds. The second-order valence-corrected chi connectivity index (χ2v) is 6.18. The van der Waals surface area contributed by atoms with Crippen molar-refractivity contribution in [3.05, 3.63) is 18.3 Å². The Labute approximate surface area is 156 Å². The van der Waals surface area contributed by atoms with Crippen LogP contribution in [0.25, 0.3) is 0 Å². The molecular formula is C16H27Cl2N5O. The van der Waals surface area contributed by atoms with Gasteiger partial charge in [-0.1, -0.05) is 0 Å². The molecule has 0 aliphatic carbocycles. The normalized spacial score (nSPS) is 18.5. The summed E-state index contributed by atoms with van der Waals surface area (Å²) in [4.78, 5) is 16.6. The Morgan fingerprint density at radius 2 is 1.88 bits per heavy atom. The fraction of sp³-hybridized carbons (Fsp3) is 0.688. The Bertz CT molecular complexity index is 477. The third-order valence-electron chi connectivity index (χ3n) is 4.74. The van der Waals surface area contributed by atoms with Gasteiger partial charge in [-0.15, -0.1) is 29.9 Å². The summed E-state index contributed by atoms with van der Waals surface area (Å²) < 4.78 is 0. The first-order valence-electron chi connectivity index (χ1n) is 8.34. The molecule has 136 valence electrons. The Morgan fingerprint density at radius 1 is 1.17 bits per heavy atom. The van der Waals surface area contributed by atoms with Crippen LogP contribution in [0.5, 0.6) is 0 Å². The van der Waals surface area contributed by atoms with Gasteiger partial charge < -0.3 is 15.1 Å². The fourth-order valence-corrected chi connectivity index (χ4v) is 3.30. The number of amides is 1. The number of aromatic nitrogens is 2. The van der Waals surface area contributed by atoms with E-state index in [2.05, 4.69) is 20.4 Å². The molecule has 24 heavy (non-hydrogen) atoms. The first kappa shape index (κ1) is 20.9. The van der Waals surface area contributed by atoms with E-state index in [9.17, 15) is 4.79 Å². The molecule has 3 heterocycles. The predicted octanol–water partition coefficient (Wildman–Crippen LogP) is 1.75. The molecule has 0 saturated carbocycles. The molecule has 0 bridgehead atoms. The highest BCUT2D eigenvalue weighted by Crippen LogP contribution is 2.19. The van der Waals surface area contributed by atoms with Crippen LogP contribution in [0, 0.1) is 5.92 Å². The highest BCUT2D eigenvalue weighted by molar-refractivity contribution is 5.85. The van der Waals surface area contributed by atoms with Crippen molar-refractivity contribution in [2.45, 2.75) is 25.7 Å². The number of anilines is 1. The van der Waals surface area contributed by atoms with E-state index in [1.54, 1.807) is 6.20 Å². The molecule has 1 N–H and O–H groups in total. The molecule has 3 rings (SSSR count). The summed E-state index contributed by atoms with van der Waals surface area (Å²) in [6.45, 7) is 5.49. The maximum Gasteiger partial charge on any atom is 0.222 e. The molecule has 2 fully saturated rings. The SMILES string of the molecule is Cl.Cl.O=C(CCC1CCNCC1)N1CCN(c2cccnn2)CC1. The van der Waals surface area contributed by atoms with Crippen LogP contribution in [0.1, 0.15) is 25.7 Å². The van der Waals surface area contributed by atoms with E-state index in [4.69, 9.17) is 0 Å². The molecule has 1 aromatic heterocycles. The van der Waals surface area contributed by atoms with Crippen LogP contribution in [-0.2, 0) is 4.79 Å². The number of halogens is 2. The van der Waals surface area contributed by atoms with E-state index < -0.39 is 0 Å². The van der Waals surface area contributed by atoms with Crippen molar-refractivity contribution in [1.82, 2.24) is 20.4 Å². The van der Waals surface area contributed by atoms with Gasteiger partial charge in [0.2, 0.25) is 5.91 Å². The summed E-state index contributed by atoms with van der Waals surface area (Å²) >= 11 is 0. The van der Waals surface area contributed by atoms with Gasteiger partial charge in [0.25, 0.3) is 0 Å². The molecule has 8 heteroatoms. The molecule has 6 nitrogen and oxygen atoms in total. The zero-order chi connectivity index (χ0) is 15.2. The molecule has 2 aliphatic heterocycles. The predicted molar refractivity (Wildman–Crippen MR) is 100 cm³/mol. The molecule has 0 radical (unpaired) electrons. The quantitative estimate of drug-likeness (QED) is 0.868. The monoisotopic (exact) mass is 375 g/mol. The van der Waals surface area contributed by atoms with Crippen molar-refractivity contribution < 1.29 is 4.79 Å². The van der Waals surface area contributed by atoms with E-state index >= 15 is 0 Å². The van der Waals surface area contributed by atoms with Gasteiger partial charge in [-0.25, -0.2) is 0 Å². The molecular weight excluding hydrogens is 349 g/mol. The fourth-order valence-electron chi connectivity index (χ4n) is 3.30.